The first-order chi connectivity index (χ1) is 11.4. The van der Waals surface area contributed by atoms with E-state index in [1.165, 1.54) is 6.42 Å². The van der Waals surface area contributed by atoms with E-state index in [1.54, 1.807) is 0 Å². The Kier molecular flexibility index (Phi) is 7.24. The highest BCUT2D eigenvalue weighted by molar-refractivity contribution is 9.10. The predicted octanol–water partition coefficient (Wildman–Crippen LogP) is 3.29. The zero-order valence-corrected chi connectivity index (χ0v) is 15.9. The molecular formula is C18H26BrN3O2. The van der Waals surface area contributed by atoms with E-state index in [4.69, 9.17) is 0 Å². The highest BCUT2D eigenvalue weighted by Gasteiger charge is 2.23. The molecule has 132 valence electrons. The van der Waals surface area contributed by atoms with Crippen molar-refractivity contribution in [1.82, 2.24) is 15.5 Å². The van der Waals surface area contributed by atoms with Gasteiger partial charge in [0.15, 0.2) is 0 Å². The van der Waals surface area contributed by atoms with Crippen LogP contribution in [0.25, 0.3) is 0 Å². The monoisotopic (exact) mass is 395 g/mol. The molecule has 2 unspecified atom stereocenters. The number of hydrogen-bond acceptors (Lipinski definition) is 3. The van der Waals surface area contributed by atoms with Crippen molar-refractivity contribution in [3.05, 3.63) is 34.3 Å². The van der Waals surface area contributed by atoms with E-state index in [9.17, 15) is 9.59 Å². The number of nitrogens with one attached hydrogen (secondary N) is 2. The van der Waals surface area contributed by atoms with Gasteiger partial charge >= 0.3 is 6.03 Å². The van der Waals surface area contributed by atoms with Crippen LogP contribution in [0.4, 0.5) is 4.79 Å². The molecule has 24 heavy (non-hydrogen) atoms. The van der Waals surface area contributed by atoms with Gasteiger partial charge < -0.3 is 5.32 Å². The molecule has 2 rings (SSSR count). The van der Waals surface area contributed by atoms with Crippen molar-refractivity contribution < 1.29 is 9.59 Å². The zero-order chi connectivity index (χ0) is 17.5. The third-order valence-electron chi connectivity index (χ3n) is 4.46. The average molecular weight is 396 g/mol. The van der Waals surface area contributed by atoms with Gasteiger partial charge in [-0.1, -0.05) is 47.8 Å². The Morgan fingerprint density at radius 2 is 1.88 bits per heavy atom. The molecule has 0 radical (unpaired) electrons. The summed E-state index contributed by atoms with van der Waals surface area (Å²) in [4.78, 5) is 25.9. The molecule has 2 atom stereocenters. The fraction of sp³-hybridized carbons (Fsp3) is 0.556. The van der Waals surface area contributed by atoms with Gasteiger partial charge in [-0.2, -0.15) is 0 Å². The van der Waals surface area contributed by atoms with E-state index in [1.807, 2.05) is 36.2 Å². The number of benzene rings is 1. The number of imide groups is 1. The number of amides is 3. The highest BCUT2D eigenvalue weighted by Crippen LogP contribution is 2.23. The van der Waals surface area contributed by atoms with E-state index in [0.29, 0.717) is 12.5 Å². The van der Waals surface area contributed by atoms with Crippen molar-refractivity contribution in [3.63, 3.8) is 0 Å². The molecule has 0 saturated heterocycles. The number of carbonyl (C=O) groups is 2. The second-order valence-corrected chi connectivity index (χ2v) is 7.60. The molecule has 6 heteroatoms. The molecule has 1 aromatic carbocycles. The third kappa shape index (κ3) is 6.24. The number of nitrogens with zero attached hydrogens (tertiary/aromatic N) is 1. The van der Waals surface area contributed by atoms with Crippen LogP contribution in [0.2, 0.25) is 0 Å². The molecule has 1 aliphatic rings. The van der Waals surface area contributed by atoms with Gasteiger partial charge in [0.25, 0.3) is 0 Å². The van der Waals surface area contributed by atoms with Gasteiger partial charge in [-0.05, 0) is 43.5 Å². The van der Waals surface area contributed by atoms with Gasteiger partial charge in [0.1, 0.15) is 0 Å². The standard InChI is InChI=1S/C18H26BrN3O2/c1-13-5-3-4-6-16(13)20-18(24)21-17(23)12-22(2)11-14-7-9-15(19)10-8-14/h7-10,13,16H,3-6,11-12H2,1-2H3,(H2,20,21,23,24). The van der Waals surface area contributed by atoms with Crippen LogP contribution in [0.1, 0.15) is 38.2 Å². The summed E-state index contributed by atoms with van der Waals surface area (Å²) in [6, 6.07) is 7.76. The largest absolute Gasteiger partial charge is 0.335 e. The Balaban J connectivity index is 1.73. The maximum Gasteiger partial charge on any atom is 0.321 e. The topological polar surface area (TPSA) is 61.4 Å². The summed E-state index contributed by atoms with van der Waals surface area (Å²) >= 11 is 3.40. The predicted molar refractivity (Wildman–Crippen MR) is 98.6 cm³/mol. The molecule has 0 spiro atoms. The molecule has 5 nitrogen and oxygen atoms in total. The maximum atomic E-state index is 12.0. The second kappa shape index (κ2) is 9.18. The van der Waals surface area contributed by atoms with Crippen molar-refractivity contribution in [2.45, 2.75) is 45.2 Å². The summed E-state index contributed by atoms with van der Waals surface area (Å²) in [5.74, 6) is 0.190. The van der Waals surface area contributed by atoms with Crippen LogP contribution in [0, 0.1) is 5.92 Å². The minimum absolute atomic E-state index is 0.173. The Hall–Kier alpha value is -1.40. The number of halogens is 1. The van der Waals surface area contributed by atoms with Crippen LogP contribution in [0.5, 0.6) is 0 Å². The van der Waals surface area contributed by atoms with Crippen LogP contribution >= 0.6 is 15.9 Å². The summed E-state index contributed by atoms with van der Waals surface area (Å²) in [6.45, 7) is 2.99. The van der Waals surface area contributed by atoms with Crippen LogP contribution in [-0.4, -0.2) is 36.5 Å². The summed E-state index contributed by atoms with van der Waals surface area (Å²) < 4.78 is 1.03. The highest BCUT2D eigenvalue weighted by atomic mass is 79.9. The third-order valence-corrected chi connectivity index (χ3v) is 4.99. The number of urea groups is 1. The molecule has 1 aliphatic carbocycles. The SMILES string of the molecule is CC1CCCCC1NC(=O)NC(=O)CN(C)Cc1ccc(Br)cc1. The Bertz CT molecular complexity index is 562. The molecule has 3 amide bonds. The fourth-order valence-electron chi connectivity index (χ4n) is 3.10. The van der Waals surface area contributed by atoms with Gasteiger partial charge in [0.2, 0.25) is 5.91 Å². The molecule has 1 fully saturated rings. The minimum atomic E-state index is -0.379. The van der Waals surface area contributed by atoms with E-state index >= 15 is 0 Å². The molecule has 2 N–H and O–H groups in total. The first-order valence-corrected chi connectivity index (χ1v) is 9.26. The van der Waals surface area contributed by atoms with Gasteiger partial charge in [-0.25, -0.2) is 4.79 Å². The van der Waals surface area contributed by atoms with Crippen molar-refractivity contribution in [2.75, 3.05) is 13.6 Å². The van der Waals surface area contributed by atoms with Crippen LogP contribution in [0.15, 0.2) is 28.7 Å². The van der Waals surface area contributed by atoms with Crippen molar-refractivity contribution in [3.8, 4) is 0 Å². The van der Waals surface area contributed by atoms with E-state index in [-0.39, 0.29) is 24.5 Å². The summed E-state index contributed by atoms with van der Waals surface area (Å²) in [7, 11) is 1.86. The van der Waals surface area contributed by atoms with Crippen LogP contribution in [0.3, 0.4) is 0 Å². The van der Waals surface area contributed by atoms with Crippen molar-refractivity contribution in [1.29, 1.82) is 0 Å². The quantitative estimate of drug-likeness (QED) is 0.803. The lowest BCUT2D eigenvalue weighted by Gasteiger charge is -2.29. The number of hydrogen-bond donors (Lipinski definition) is 2. The summed E-state index contributed by atoms with van der Waals surface area (Å²) in [5, 5.41) is 5.37. The smallest absolute Gasteiger partial charge is 0.321 e. The lowest BCUT2D eigenvalue weighted by atomic mass is 9.86. The lowest BCUT2D eigenvalue weighted by Crippen LogP contribution is -2.49. The Labute approximate surface area is 152 Å². The van der Waals surface area contributed by atoms with E-state index < -0.39 is 0 Å². The maximum absolute atomic E-state index is 12.0. The van der Waals surface area contributed by atoms with Gasteiger partial charge in [-0.15, -0.1) is 0 Å². The van der Waals surface area contributed by atoms with Gasteiger partial charge in [0.05, 0.1) is 6.54 Å². The molecule has 0 aromatic heterocycles. The molecule has 0 bridgehead atoms. The first-order valence-electron chi connectivity index (χ1n) is 8.47. The van der Waals surface area contributed by atoms with E-state index in [0.717, 1.165) is 29.3 Å². The molecule has 0 aliphatic heterocycles. The van der Waals surface area contributed by atoms with Gasteiger partial charge in [-0.3, -0.25) is 15.0 Å². The van der Waals surface area contributed by atoms with E-state index in [2.05, 4.69) is 33.5 Å². The molecule has 0 heterocycles. The fourth-order valence-corrected chi connectivity index (χ4v) is 3.37. The van der Waals surface area contributed by atoms with Crippen molar-refractivity contribution in [2.24, 2.45) is 5.92 Å². The zero-order valence-electron chi connectivity index (χ0n) is 14.3. The van der Waals surface area contributed by atoms with Crippen LogP contribution < -0.4 is 10.6 Å². The Morgan fingerprint density at radius 1 is 1.21 bits per heavy atom. The van der Waals surface area contributed by atoms with Crippen molar-refractivity contribution >= 4 is 27.9 Å². The second-order valence-electron chi connectivity index (χ2n) is 6.69. The normalized spacial score (nSPS) is 20.7. The number of likely N-dealkylation sites (N-methyl/N-ethyl adjacent to an activating group) is 1. The molecular weight excluding hydrogens is 370 g/mol. The lowest BCUT2D eigenvalue weighted by molar-refractivity contribution is -0.121. The van der Waals surface area contributed by atoms with Crippen LogP contribution in [-0.2, 0) is 11.3 Å². The molecule has 1 saturated carbocycles. The minimum Gasteiger partial charge on any atom is -0.335 e. The number of rotatable bonds is 5. The molecule has 1 aromatic rings. The first kappa shape index (κ1) is 18.9. The average Bonchev–Trinajstić information content (AvgIpc) is 2.51. The summed E-state index contributed by atoms with van der Waals surface area (Å²) in [6.07, 6.45) is 4.49. The summed E-state index contributed by atoms with van der Waals surface area (Å²) in [5.41, 5.74) is 1.12. The number of carbonyl (C=O) groups excluding carboxylic acids is 2. The van der Waals surface area contributed by atoms with Gasteiger partial charge in [0, 0.05) is 17.1 Å². The Morgan fingerprint density at radius 3 is 2.54 bits per heavy atom.